The minimum absolute atomic E-state index is 0.0969. The predicted molar refractivity (Wildman–Crippen MR) is 236 cm³/mol. The van der Waals surface area contributed by atoms with Crippen LogP contribution in [0.25, 0.3) is 0 Å². The number of rotatable bonds is 8. The zero-order valence-electron chi connectivity index (χ0n) is 40.8. The molecular formula is C48H81N3O13. The Bertz CT molecular complexity index is 1660. The Morgan fingerprint density at radius 2 is 1.42 bits per heavy atom. The van der Waals surface area contributed by atoms with E-state index in [-0.39, 0.29) is 42.9 Å². The second-order valence-electron chi connectivity index (χ2n) is 22.0. The first-order chi connectivity index (χ1) is 30.0. The van der Waals surface area contributed by atoms with Gasteiger partial charge in [0, 0.05) is 39.5 Å². The Labute approximate surface area is 381 Å². The summed E-state index contributed by atoms with van der Waals surface area (Å²) in [6.07, 6.45) is -0.423. The lowest BCUT2D eigenvalue weighted by atomic mass is 9.53. The molecule has 0 radical (unpaired) electrons. The van der Waals surface area contributed by atoms with Crippen LogP contribution in [0, 0.1) is 35.5 Å². The maximum atomic E-state index is 14.5. The number of esters is 1. The number of amides is 1. The van der Waals surface area contributed by atoms with E-state index in [9.17, 15) is 24.9 Å². The molecule has 4 saturated carbocycles. The van der Waals surface area contributed by atoms with E-state index in [1.54, 1.807) is 48.7 Å². The van der Waals surface area contributed by atoms with E-state index < -0.39 is 102 Å². The third kappa shape index (κ3) is 9.48. The maximum absolute atomic E-state index is 14.5. The molecule has 4 N–H and O–H groups in total. The van der Waals surface area contributed by atoms with Crippen molar-refractivity contribution in [1.29, 1.82) is 0 Å². The normalized spacial score (nSPS) is 52.1. The van der Waals surface area contributed by atoms with E-state index in [1.165, 1.54) is 33.3 Å². The summed E-state index contributed by atoms with van der Waals surface area (Å²) in [5.74, 6) is -1.26. The van der Waals surface area contributed by atoms with E-state index >= 15 is 0 Å². The van der Waals surface area contributed by atoms with Gasteiger partial charge in [0.2, 0.25) is 5.91 Å². The van der Waals surface area contributed by atoms with Gasteiger partial charge >= 0.3 is 5.97 Å². The van der Waals surface area contributed by atoms with Gasteiger partial charge in [0.15, 0.2) is 18.7 Å². The standard InChI is InChI=1S/C48H81N3O13/c1-14-34-47(10,56)38(52)28(6)49-41(54)24(2)19-46(9,58-13)40(26(4)36(27(5)42(55)61-34)62-35-23-45(8,57-12)39(53)29(7)60-35)64-43-37-33(15-25(3)59-43)51(11)44(63-37)50-48-20-30-16-31(21-48)18-32(17-30)22-48/h24-40,43,52-53,56H,14-23H2,1-13H3,(H,49,54)/t24-,25-,26+,27-,28-,29+,30?,31?,32?,33+,34-,35+,36+,37-,38-,39+,40-,43+,45-,46-,47-,48?/m1/s1. The number of aliphatic hydroxyl groups excluding tert-OH is 2. The number of methoxy groups -OCH3 is 2. The second kappa shape index (κ2) is 18.7. The number of fused-ring (bicyclic) bond motifs is 1. The Balaban J connectivity index is 1.27. The van der Waals surface area contributed by atoms with E-state index in [4.69, 9.17) is 42.9 Å². The lowest BCUT2D eigenvalue weighted by molar-refractivity contribution is -0.315. The summed E-state index contributed by atoms with van der Waals surface area (Å²) >= 11 is 0. The number of ether oxygens (including phenoxy) is 8. The molecule has 0 aromatic rings. The molecule has 8 aliphatic rings. The number of aliphatic hydroxyl groups is 3. The van der Waals surface area contributed by atoms with Crippen LogP contribution in [0.4, 0.5) is 0 Å². The van der Waals surface area contributed by atoms with Crippen LogP contribution in [-0.4, -0.2) is 155 Å². The number of nitrogens with zero attached hydrogens (tertiary/aromatic N) is 2. The van der Waals surface area contributed by atoms with E-state index in [1.807, 2.05) is 20.8 Å². The molecule has 4 bridgehead atoms. The molecule has 16 heteroatoms. The monoisotopic (exact) mass is 908 g/mol. The van der Waals surface area contributed by atoms with Gasteiger partial charge in [0.25, 0.3) is 6.02 Å². The van der Waals surface area contributed by atoms with Gasteiger partial charge in [-0.1, -0.05) is 20.8 Å². The first-order valence-corrected chi connectivity index (χ1v) is 24.3. The third-order valence-corrected chi connectivity index (χ3v) is 16.8. The summed E-state index contributed by atoms with van der Waals surface area (Å²) in [7, 11) is 5.16. The van der Waals surface area contributed by atoms with Crippen molar-refractivity contribution in [2.75, 3.05) is 21.3 Å². The van der Waals surface area contributed by atoms with Gasteiger partial charge in [-0.3, -0.25) is 9.59 Å². The molecule has 64 heavy (non-hydrogen) atoms. The Kier molecular flexibility index (Phi) is 14.6. The highest BCUT2D eigenvalue weighted by Crippen LogP contribution is 2.57. The molecule has 4 aliphatic carbocycles. The first-order valence-electron chi connectivity index (χ1n) is 24.3. The topological polar surface area (TPSA) is 196 Å². The molecule has 366 valence electrons. The molecule has 4 heterocycles. The van der Waals surface area contributed by atoms with Crippen molar-refractivity contribution in [3.05, 3.63) is 0 Å². The van der Waals surface area contributed by atoms with Crippen LogP contribution < -0.4 is 5.32 Å². The molecule has 8 fully saturated rings. The van der Waals surface area contributed by atoms with Crippen molar-refractivity contribution in [2.24, 2.45) is 40.5 Å². The molecule has 0 aromatic carbocycles. The highest BCUT2D eigenvalue weighted by atomic mass is 16.7. The van der Waals surface area contributed by atoms with Crippen LogP contribution in [0.1, 0.15) is 133 Å². The smallest absolute Gasteiger partial charge is 0.311 e. The van der Waals surface area contributed by atoms with Gasteiger partial charge in [-0.15, -0.1) is 0 Å². The largest absolute Gasteiger partial charge is 0.459 e. The fourth-order valence-electron chi connectivity index (χ4n) is 13.3. The predicted octanol–water partition coefficient (Wildman–Crippen LogP) is 4.47. The van der Waals surface area contributed by atoms with Gasteiger partial charge in [0.1, 0.15) is 23.9 Å². The third-order valence-electron chi connectivity index (χ3n) is 16.8. The lowest BCUT2D eigenvalue weighted by Crippen LogP contribution is -2.60. The van der Waals surface area contributed by atoms with E-state index in [0.29, 0.717) is 12.4 Å². The SMILES string of the molecule is CC[C@H]1OC(=O)[C@H](C)[C@@H](O[C@H]2C[C@@](C)(OC)[C@@H](O)[C@H](C)O2)[C@H](C)[C@@H](O[C@@H]2O[C@H](C)C[C@H]3[C@H]2OC(=NC24CC5CC(CC(C5)C2)C4)N3C)[C@](C)(OC)C[C@@H](C)C(=O)N[C@H](C)[C@@H](O)[C@]1(C)O. The minimum atomic E-state index is -1.94. The van der Waals surface area contributed by atoms with Gasteiger partial charge < -0.3 is 63.4 Å². The van der Waals surface area contributed by atoms with Crippen molar-refractivity contribution in [1.82, 2.24) is 10.2 Å². The van der Waals surface area contributed by atoms with Crippen molar-refractivity contribution in [3.63, 3.8) is 0 Å². The summed E-state index contributed by atoms with van der Waals surface area (Å²) in [5.41, 5.74) is -4.31. The van der Waals surface area contributed by atoms with Crippen molar-refractivity contribution < 1.29 is 62.8 Å². The lowest BCUT2D eigenvalue weighted by Gasteiger charge is -2.54. The van der Waals surface area contributed by atoms with Crippen LogP contribution in [0.2, 0.25) is 0 Å². The van der Waals surface area contributed by atoms with Crippen LogP contribution >= 0.6 is 0 Å². The van der Waals surface area contributed by atoms with Crippen molar-refractivity contribution in [2.45, 2.75) is 229 Å². The number of hydrogen-bond donors (Lipinski definition) is 4. The summed E-state index contributed by atoms with van der Waals surface area (Å²) in [4.78, 5) is 36.3. The molecule has 4 aliphatic heterocycles. The van der Waals surface area contributed by atoms with E-state index in [0.717, 1.165) is 37.0 Å². The quantitative estimate of drug-likeness (QED) is 0.249. The molecule has 8 rings (SSSR count). The molecule has 0 aromatic heterocycles. The van der Waals surface area contributed by atoms with Crippen LogP contribution in [0.5, 0.6) is 0 Å². The Morgan fingerprint density at radius 3 is 2.00 bits per heavy atom. The van der Waals surface area contributed by atoms with Crippen LogP contribution in [-0.2, 0) is 47.5 Å². The average molecular weight is 908 g/mol. The highest BCUT2D eigenvalue weighted by molar-refractivity contribution is 5.79. The number of likely N-dealkylation sites (N-methyl/N-ethyl adjacent to an activating group) is 1. The Hall–Kier alpha value is -2.15. The molecule has 4 saturated heterocycles. The fourth-order valence-corrected chi connectivity index (χ4v) is 13.3. The zero-order valence-corrected chi connectivity index (χ0v) is 40.8. The van der Waals surface area contributed by atoms with E-state index in [2.05, 4.69) is 17.3 Å². The number of carbonyl (C=O) groups excluding carboxylic acids is 2. The first kappa shape index (κ1) is 49.7. The number of carbonyl (C=O) groups is 2. The number of nitrogens with one attached hydrogen (secondary N) is 1. The highest BCUT2D eigenvalue weighted by Gasteiger charge is 2.57. The van der Waals surface area contributed by atoms with Gasteiger partial charge in [0.05, 0.1) is 59.2 Å². The summed E-state index contributed by atoms with van der Waals surface area (Å²) in [5, 5.41) is 37.3. The molecule has 1 amide bonds. The van der Waals surface area contributed by atoms with Crippen LogP contribution in [0.15, 0.2) is 4.99 Å². The Morgan fingerprint density at radius 1 is 0.812 bits per heavy atom. The summed E-state index contributed by atoms with van der Waals surface area (Å²) in [6, 6.07) is -0.382. The fraction of sp³-hybridized carbons (Fsp3) is 0.938. The molecule has 0 unspecified atom stereocenters. The molecule has 16 nitrogen and oxygen atoms in total. The van der Waals surface area contributed by atoms with Gasteiger partial charge in [-0.05, 0) is 124 Å². The van der Waals surface area contributed by atoms with Crippen molar-refractivity contribution in [3.8, 4) is 0 Å². The summed E-state index contributed by atoms with van der Waals surface area (Å²) < 4.78 is 52.5. The van der Waals surface area contributed by atoms with Gasteiger partial charge in [-0.2, -0.15) is 0 Å². The number of amidine groups is 1. The molecule has 0 spiro atoms. The molecule has 18 atom stereocenters. The number of cyclic esters (lactones) is 1. The number of hydrogen-bond acceptors (Lipinski definition) is 14. The minimum Gasteiger partial charge on any atom is -0.459 e. The molecular weight excluding hydrogens is 827 g/mol. The second-order valence-corrected chi connectivity index (χ2v) is 22.0. The average Bonchev–Trinajstić information content (AvgIpc) is 3.53. The zero-order chi connectivity index (χ0) is 46.8. The van der Waals surface area contributed by atoms with Gasteiger partial charge in [-0.25, -0.2) is 4.99 Å². The van der Waals surface area contributed by atoms with Crippen LogP contribution in [0.3, 0.4) is 0 Å². The maximum Gasteiger partial charge on any atom is 0.311 e. The number of aliphatic imine (C=N–C) groups is 1. The summed E-state index contributed by atoms with van der Waals surface area (Å²) in [6.45, 7) is 17.6. The van der Waals surface area contributed by atoms with Crippen molar-refractivity contribution >= 4 is 17.9 Å².